The fourth-order valence-electron chi connectivity index (χ4n) is 5.67. The van der Waals surface area contributed by atoms with Gasteiger partial charge in [0.1, 0.15) is 23.6 Å². The highest BCUT2D eigenvalue weighted by Gasteiger charge is 2.32. The average Bonchev–Trinajstić information content (AvgIpc) is 3.40. The first kappa shape index (κ1) is 26.4. The van der Waals surface area contributed by atoms with Gasteiger partial charge in [-0.3, -0.25) is 19.1 Å². The number of H-pyrrole nitrogens is 1. The number of aromatic nitrogens is 2. The van der Waals surface area contributed by atoms with Crippen LogP contribution in [0.5, 0.6) is 0 Å². The Morgan fingerprint density at radius 1 is 1.02 bits per heavy atom. The SMILES string of the molecule is N#Cc1cc(-c2ccc(F)cc2C(=O)N2CC(F)C2)cc(-n2cc(C#N)c3cc(CN4CCCCC4)[nH]c3c2=O)c1. The number of likely N-dealkylation sites (tertiary alicyclic amines) is 2. The van der Waals surface area contributed by atoms with E-state index < -0.39 is 23.5 Å². The smallest absolute Gasteiger partial charge is 0.279 e. The lowest BCUT2D eigenvalue weighted by Gasteiger charge is -2.34. The standard InChI is InChI=1S/C31H26F2N6O2/c32-22-4-5-26(28(11-22)30(40)38-16-23(33)17-38)20-8-19(13-34)9-25(10-20)39-15-21(14-35)27-12-24(36-29(27)31(39)41)18-37-6-2-1-3-7-37/h4-5,8-12,15,23,36H,1-3,6-7,16-18H2. The first-order valence-corrected chi connectivity index (χ1v) is 13.5. The number of piperidine rings is 1. The van der Waals surface area contributed by atoms with Crippen LogP contribution in [0.3, 0.4) is 0 Å². The summed E-state index contributed by atoms with van der Waals surface area (Å²) in [7, 11) is 0. The second-order valence-corrected chi connectivity index (χ2v) is 10.6. The van der Waals surface area contributed by atoms with E-state index >= 15 is 0 Å². The van der Waals surface area contributed by atoms with Gasteiger partial charge in [0.05, 0.1) is 41.5 Å². The Balaban J connectivity index is 1.45. The molecule has 2 fully saturated rings. The molecule has 0 unspecified atom stereocenters. The quantitative estimate of drug-likeness (QED) is 0.388. The van der Waals surface area contributed by atoms with Crippen molar-refractivity contribution in [3.05, 3.63) is 87.2 Å². The molecule has 0 atom stereocenters. The van der Waals surface area contributed by atoms with Crippen molar-refractivity contribution in [2.75, 3.05) is 26.2 Å². The number of pyridine rings is 1. The van der Waals surface area contributed by atoms with Crippen LogP contribution >= 0.6 is 0 Å². The van der Waals surface area contributed by atoms with Gasteiger partial charge < -0.3 is 9.88 Å². The maximum Gasteiger partial charge on any atom is 0.279 e. The number of carbonyl (C=O) groups is 1. The highest BCUT2D eigenvalue weighted by molar-refractivity contribution is 6.01. The van der Waals surface area contributed by atoms with Gasteiger partial charge in [-0.25, -0.2) is 8.78 Å². The summed E-state index contributed by atoms with van der Waals surface area (Å²) in [5, 5.41) is 20.3. The van der Waals surface area contributed by atoms with Crippen molar-refractivity contribution < 1.29 is 13.6 Å². The number of halogens is 2. The zero-order chi connectivity index (χ0) is 28.7. The van der Waals surface area contributed by atoms with E-state index in [9.17, 15) is 28.9 Å². The summed E-state index contributed by atoms with van der Waals surface area (Å²) in [6.07, 6.45) is 3.80. The molecule has 8 nitrogen and oxygen atoms in total. The Kier molecular flexibility index (Phi) is 6.86. The fourth-order valence-corrected chi connectivity index (χ4v) is 5.67. The summed E-state index contributed by atoms with van der Waals surface area (Å²) in [4.78, 5) is 33.6. The van der Waals surface area contributed by atoms with E-state index in [0.717, 1.165) is 37.7 Å². The number of benzene rings is 2. The van der Waals surface area contributed by atoms with Crippen LogP contribution in [-0.2, 0) is 6.54 Å². The Morgan fingerprint density at radius 2 is 1.80 bits per heavy atom. The minimum absolute atomic E-state index is 0.0326. The fraction of sp³-hybridized carbons (Fsp3) is 0.290. The molecule has 206 valence electrons. The van der Waals surface area contributed by atoms with E-state index in [1.165, 1.54) is 40.3 Å². The molecule has 41 heavy (non-hydrogen) atoms. The van der Waals surface area contributed by atoms with Gasteiger partial charge in [-0.05, 0) is 73.5 Å². The average molecular weight is 553 g/mol. The lowest BCUT2D eigenvalue weighted by molar-refractivity contribution is 0.0400. The van der Waals surface area contributed by atoms with Crippen molar-refractivity contribution in [2.24, 2.45) is 0 Å². The molecule has 2 aliphatic heterocycles. The Bertz CT molecular complexity index is 1820. The van der Waals surface area contributed by atoms with Gasteiger partial charge in [0.25, 0.3) is 11.5 Å². The van der Waals surface area contributed by atoms with Gasteiger partial charge in [0.15, 0.2) is 0 Å². The molecule has 0 radical (unpaired) electrons. The number of nitrogens with zero attached hydrogens (tertiary/aromatic N) is 5. The summed E-state index contributed by atoms with van der Waals surface area (Å²) >= 11 is 0. The molecule has 4 aromatic rings. The molecular formula is C31H26F2N6O2. The van der Waals surface area contributed by atoms with E-state index in [1.807, 2.05) is 6.07 Å². The third kappa shape index (κ3) is 4.99. The molecule has 0 bridgehead atoms. The predicted octanol–water partition coefficient (Wildman–Crippen LogP) is 4.65. The van der Waals surface area contributed by atoms with E-state index in [0.29, 0.717) is 34.3 Å². The van der Waals surface area contributed by atoms with Crippen LogP contribution < -0.4 is 5.56 Å². The summed E-state index contributed by atoms with van der Waals surface area (Å²) < 4.78 is 29.0. The molecule has 6 rings (SSSR count). The van der Waals surface area contributed by atoms with Crippen molar-refractivity contribution in [1.82, 2.24) is 19.4 Å². The number of carbonyl (C=O) groups excluding carboxylic acids is 1. The van der Waals surface area contributed by atoms with Crippen LogP contribution in [0.2, 0.25) is 0 Å². The molecule has 0 spiro atoms. The van der Waals surface area contributed by atoms with E-state index in [2.05, 4.69) is 22.0 Å². The molecular weight excluding hydrogens is 526 g/mol. The lowest BCUT2D eigenvalue weighted by atomic mass is 9.95. The van der Waals surface area contributed by atoms with Crippen LogP contribution in [0.4, 0.5) is 8.78 Å². The van der Waals surface area contributed by atoms with Gasteiger partial charge in [0.2, 0.25) is 0 Å². The van der Waals surface area contributed by atoms with Gasteiger partial charge in [0, 0.05) is 23.8 Å². The minimum atomic E-state index is -1.12. The van der Waals surface area contributed by atoms with Gasteiger partial charge in [-0.2, -0.15) is 10.5 Å². The lowest BCUT2D eigenvalue weighted by Crippen LogP contribution is -2.51. The normalized spacial score (nSPS) is 15.9. The maximum absolute atomic E-state index is 14.2. The highest BCUT2D eigenvalue weighted by atomic mass is 19.1. The number of nitrogens with one attached hydrogen (secondary N) is 1. The summed E-state index contributed by atoms with van der Waals surface area (Å²) in [6, 6.07) is 14.5. The molecule has 1 N–H and O–H groups in total. The number of rotatable bonds is 5. The van der Waals surface area contributed by atoms with Crippen molar-refractivity contribution >= 4 is 16.8 Å². The maximum atomic E-state index is 14.2. The zero-order valence-corrected chi connectivity index (χ0v) is 22.2. The second kappa shape index (κ2) is 10.6. The van der Waals surface area contributed by atoms with Crippen LogP contribution in [-0.4, -0.2) is 57.6 Å². The number of aromatic amines is 1. The van der Waals surface area contributed by atoms with Gasteiger partial charge in [-0.1, -0.05) is 12.5 Å². The van der Waals surface area contributed by atoms with Crippen molar-refractivity contribution in [1.29, 1.82) is 10.5 Å². The zero-order valence-electron chi connectivity index (χ0n) is 22.2. The molecule has 2 aromatic heterocycles. The topological polar surface area (TPSA) is 109 Å². The van der Waals surface area contributed by atoms with Crippen LogP contribution in [0.15, 0.2) is 53.5 Å². The number of nitriles is 2. The predicted molar refractivity (Wildman–Crippen MR) is 149 cm³/mol. The molecule has 4 heterocycles. The Labute approximate surface area is 234 Å². The number of hydrogen-bond acceptors (Lipinski definition) is 5. The summed E-state index contributed by atoms with van der Waals surface area (Å²) in [6.45, 7) is 2.47. The summed E-state index contributed by atoms with van der Waals surface area (Å²) in [5.41, 5.74) is 2.33. The number of fused-ring (bicyclic) bond motifs is 1. The number of alkyl halides is 1. The monoisotopic (exact) mass is 552 g/mol. The van der Waals surface area contributed by atoms with Gasteiger partial charge in [-0.15, -0.1) is 0 Å². The van der Waals surface area contributed by atoms with E-state index in [4.69, 9.17) is 0 Å². The first-order valence-electron chi connectivity index (χ1n) is 13.5. The Morgan fingerprint density at radius 3 is 2.51 bits per heavy atom. The van der Waals surface area contributed by atoms with Crippen LogP contribution in [0.1, 0.15) is 46.4 Å². The van der Waals surface area contributed by atoms with Crippen molar-refractivity contribution in [2.45, 2.75) is 32.0 Å². The third-order valence-electron chi connectivity index (χ3n) is 7.79. The van der Waals surface area contributed by atoms with Gasteiger partial charge >= 0.3 is 0 Å². The first-order chi connectivity index (χ1) is 19.8. The number of amides is 1. The summed E-state index contributed by atoms with van der Waals surface area (Å²) in [5.74, 6) is -1.14. The van der Waals surface area contributed by atoms with Crippen molar-refractivity contribution in [3.8, 4) is 29.0 Å². The van der Waals surface area contributed by atoms with Crippen molar-refractivity contribution in [3.63, 3.8) is 0 Å². The second-order valence-electron chi connectivity index (χ2n) is 10.6. The minimum Gasteiger partial charge on any atom is -0.353 e. The Hall–Kier alpha value is -4.80. The largest absolute Gasteiger partial charge is 0.353 e. The molecule has 2 aliphatic rings. The van der Waals surface area contributed by atoms with E-state index in [1.54, 1.807) is 12.1 Å². The highest BCUT2D eigenvalue weighted by Crippen LogP contribution is 2.30. The number of hydrogen-bond donors (Lipinski definition) is 1. The molecule has 0 saturated carbocycles. The van der Waals surface area contributed by atoms with Crippen LogP contribution in [0, 0.1) is 28.5 Å². The molecule has 1 amide bonds. The molecule has 2 aromatic carbocycles. The van der Waals surface area contributed by atoms with Crippen LogP contribution in [0.25, 0.3) is 27.7 Å². The molecule has 2 saturated heterocycles. The molecule has 10 heteroatoms. The molecule has 0 aliphatic carbocycles. The van der Waals surface area contributed by atoms with E-state index in [-0.39, 0.29) is 29.7 Å². The third-order valence-corrected chi connectivity index (χ3v) is 7.79.